The average Bonchev–Trinajstić information content (AvgIpc) is 2.82. The van der Waals surface area contributed by atoms with E-state index in [4.69, 9.17) is 25.8 Å². The number of benzene rings is 2. The Bertz CT molecular complexity index is 1070. The lowest BCUT2D eigenvalue weighted by molar-refractivity contribution is -0.124. The summed E-state index contributed by atoms with van der Waals surface area (Å²) in [6.07, 6.45) is 0. The van der Waals surface area contributed by atoms with E-state index in [0.717, 1.165) is 11.6 Å². The van der Waals surface area contributed by atoms with Crippen LogP contribution in [0.25, 0.3) is 0 Å². The van der Waals surface area contributed by atoms with Crippen molar-refractivity contribution in [2.75, 3.05) is 40.0 Å². The molecule has 0 bridgehead atoms. The fourth-order valence-electron chi connectivity index (χ4n) is 2.96. The molecule has 3 rings (SSSR count). The Labute approximate surface area is 191 Å². The summed E-state index contributed by atoms with van der Waals surface area (Å²) in [6.45, 7) is 0.749. The van der Waals surface area contributed by atoms with Gasteiger partial charge in [0.05, 0.1) is 35.8 Å². The number of morpholine rings is 1. The summed E-state index contributed by atoms with van der Waals surface area (Å²) in [7, 11) is -2.25. The van der Waals surface area contributed by atoms with Crippen LogP contribution in [0.4, 0.5) is 0 Å². The van der Waals surface area contributed by atoms with Crippen molar-refractivity contribution in [3.05, 3.63) is 58.6 Å². The van der Waals surface area contributed by atoms with Gasteiger partial charge in [-0.3, -0.25) is 4.79 Å². The highest BCUT2D eigenvalue weighted by Gasteiger charge is 2.28. The van der Waals surface area contributed by atoms with Gasteiger partial charge in [0.1, 0.15) is 5.75 Å². The van der Waals surface area contributed by atoms with E-state index in [0.29, 0.717) is 19.0 Å². The molecule has 0 unspecified atom stereocenters. The fourth-order valence-corrected chi connectivity index (χ4v) is 4.59. The van der Waals surface area contributed by atoms with Crippen molar-refractivity contribution in [2.45, 2.75) is 11.4 Å². The number of nitrogens with zero attached hydrogens (tertiary/aromatic N) is 1. The highest BCUT2D eigenvalue weighted by atomic mass is 35.5. The van der Waals surface area contributed by atoms with E-state index in [1.807, 2.05) is 0 Å². The lowest BCUT2D eigenvalue weighted by Gasteiger charge is -2.26. The van der Waals surface area contributed by atoms with E-state index in [1.54, 1.807) is 31.4 Å². The van der Waals surface area contributed by atoms with Crippen molar-refractivity contribution >= 4 is 33.5 Å². The number of hydrogen-bond donors (Lipinski definition) is 1. The Balaban J connectivity index is 1.59. The molecule has 172 valence electrons. The van der Waals surface area contributed by atoms with Crippen molar-refractivity contribution in [1.29, 1.82) is 0 Å². The third-order valence-electron chi connectivity index (χ3n) is 4.75. The Morgan fingerprint density at radius 2 is 1.81 bits per heavy atom. The van der Waals surface area contributed by atoms with Crippen LogP contribution in [-0.2, 0) is 30.8 Å². The number of carbonyl (C=O) groups excluding carboxylic acids is 2. The van der Waals surface area contributed by atoms with Crippen molar-refractivity contribution in [1.82, 2.24) is 9.62 Å². The molecule has 0 radical (unpaired) electrons. The summed E-state index contributed by atoms with van der Waals surface area (Å²) < 4.78 is 42.2. The standard InChI is InChI=1S/C21H23ClN2O7S/c1-29-16-4-2-15(3-5-16)13-23-20(25)14-31-21(26)18-12-17(6-7-19(18)22)32(27,28)24-8-10-30-11-9-24/h2-7,12H,8-11,13-14H2,1H3,(H,23,25). The summed E-state index contributed by atoms with van der Waals surface area (Å²) in [4.78, 5) is 24.4. The van der Waals surface area contributed by atoms with Crippen molar-refractivity contribution in [3.8, 4) is 5.75 Å². The molecule has 11 heteroatoms. The van der Waals surface area contributed by atoms with E-state index >= 15 is 0 Å². The second kappa shape index (κ2) is 10.8. The minimum absolute atomic E-state index is 0.0227. The molecule has 0 atom stereocenters. The molecule has 1 saturated heterocycles. The number of ether oxygens (including phenoxy) is 3. The van der Waals surface area contributed by atoms with Gasteiger partial charge in [-0.2, -0.15) is 4.31 Å². The molecule has 1 N–H and O–H groups in total. The molecule has 1 amide bonds. The number of halogens is 1. The predicted molar refractivity (Wildman–Crippen MR) is 116 cm³/mol. The van der Waals surface area contributed by atoms with Gasteiger partial charge in [-0.05, 0) is 35.9 Å². The van der Waals surface area contributed by atoms with Gasteiger partial charge in [0, 0.05) is 19.6 Å². The van der Waals surface area contributed by atoms with Gasteiger partial charge in [0.15, 0.2) is 6.61 Å². The quantitative estimate of drug-likeness (QED) is 0.571. The highest BCUT2D eigenvalue weighted by molar-refractivity contribution is 7.89. The molecular weight excluding hydrogens is 460 g/mol. The molecule has 2 aromatic rings. The first-order valence-corrected chi connectivity index (χ1v) is 11.6. The first kappa shape index (κ1) is 24.0. The second-order valence-corrected chi connectivity index (χ2v) is 9.20. The van der Waals surface area contributed by atoms with Crippen LogP contribution in [0.15, 0.2) is 47.4 Å². The molecule has 1 aliphatic rings. The first-order chi connectivity index (χ1) is 15.3. The topological polar surface area (TPSA) is 111 Å². The molecule has 0 spiro atoms. The molecule has 1 heterocycles. The van der Waals surface area contributed by atoms with Gasteiger partial charge in [-0.1, -0.05) is 23.7 Å². The maximum Gasteiger partial charge on any atom is 0.340 e. The number of methoxy groups -OCH3 is 1. The first-order valence-electron chi connectivity index (χ1n) is 9.75. The summed E-state index contributed by atoms with van der Waals surface area (Å²) in [5, 5.41) is 2.65. The Hall–Kier alpha value is -2.66. The number of nitrogens with one attached hydrogen (secondary N) is 1. The van der Waals surface area contributed by atoms with Crippen LogP contribution in [0.1, 0.15) is 15.9 Å². The van der Waals surface area contributed by atoms with Crippen LogP contribution in [0, 0.1) is 0 Å². The molecule has 9 nitrogen and oxygen atoms in total. The maximum absolute atomic E-state index is 12.8. The summed E-state index contributed by atoms with van der Waals surface area (Å²) in [5.74, 6) is -0.709. The third-order valence-corrected chi connectivity index (χ3v) is 6.97. The largest absolute Gasteiger partial charge is 0.497 e. The van der Waals surface area contributed by atoms with Crippen LogP contribution in [-0.4, -0.2) is 64.6 Å². The number of carbonyl (C=O) groups is 2. The monoisotopic (exact) mass is 482 g/mol. The summed E-state index contributed by atoms with van der Waals surface area (Å²) in [6, 6.07) is 10.9. The van der Waals surface area contributed by atoms with Gasteiger partial charge in [0.25, 0.3) is 5.91 Å². The number of sulfonamides is 1. The van der Waals surface area contributed by atoms with E-state index < -0.39 is 28.5 Å². The zero-order valence-electron chi connectivity index (χ0n) is 17.4. The van der Waals surface area contributed by atoms with Crippen molar-refractivity contribution in [2.24, 2.45) is 0 Å². The SMILES string of the molecule is COc1ccc(CNC(=O)COC(=O)c2cc(S(=O)(=O)N3CCOCC3)ccc2Cl)cc1. The molecule has 0 aromatic heterocycles. The maximum atomic E-state index is 12.8. The average molecular weight is 483 g/mol. The van der Waals surface area contributed by atoms with Crippen molar-refractivity contribution in [3.63, 3.8) is 0 Å². The number of rotatable bonds is 8. The molecule has 0 aliphatic carbocycles. The van der Waals surface area contributed by atoms with Crippen LogP contribution in [0.2, 0.25) is 5.02 Å². The normalized spacial score (nSPS) is 14.6. The van der Waals surface area contributed by atoms with Gasteiger partial charge < -0.3 is 19.5 Å². The molecule has 0 saturated carbocycles. The van der Waals surface area contributed by atoms with E-state index in [2.05, 4.69) is 5.32 Å². The van der Waals surface area contributed by atoms with E-state index in [9.17, 15) is 18.0 Å². The van der Waals surface area contributed by atoms with Crippen molar-refractivity contribution < 1.29 is 32.2 Å². The molecule has 2 aromatic carbocycles. The lowest BCUT2D eigenvalue weighted by atomic mass is 10.2. The highest BCUT2D eigenvalue weighted by Crippen LogP contribution is 2.24. The number of amides is 1. The van der Waals surface area contributed by atoms with Crippen LogP contribution < -0.4 is 10.1 Å². The molecule has 32 heavy (non-hydrogen) atoms. The summed E-state index contributed by atoms with van der Waals surface area (Å²) in [5.41, 5.74) is 0.707. The molecule has 1 fully saturated rings. The van der Waals surface area contributed by atoms with E-state index in [1.165, 1.54) is 16.4 Å². The minimum Gasteiger partial charge on any atom is -0.497 e. The Morgan fingerprint density at radius 3 is 2.47 bits per heavy atom. The number of hydrogen-bond acceptors (Lipinski definition) is 7. The predicted octanol–water partition coefficient (Wildman–Crippen LogP) is 1.84. The summed E-state index contributed by atoms with van der Waals surface area (Å²) >= 11 is 6.07. The Morgan fingerprint density at radius 1 is 1.12 bits per heavy atom. The molecule has 1 aliphatic heterocycles. The lowest BCUT2D eigenvalue weighted by Crippen LogP contribution is -2.40. The zero-order valence-corrected chi connectivity index (χ0v) is 18.9. The van der Waals surface area contributed by atoms with Crippen LogP contribution in [0.3, 0.4) is 0 Å². The van der Waals surface area contributed by atoms with Gasteiger partial charge in [0.2, 0.25) is 10.0 Å². The number of esters is 1. The van der Waals surface area contributed by atoms with Gasteiger partial charge >= 0.3 is 5.97 Å². The smallest absolute Gasteiger partial charge is 0.340 e. The fraction of sp³-hybridized carbons (Fsp3) is 0.333. The van der Waals surface area contributed by atoms with E-state index in [-0.39, 0.29) is 35.1 Å². The van der Waals surface area contributed by atoms with Gasteiger partial charge in [-0.15, -0.1) is 0 Å². The minimum atomic E-state index is -3.81. The van der Waals surface area contributed by atoms with Crippen LogP contribution >= 0.6 is 11.6 Å². The van der Waals surface area contributed by atoms with Gasteiger partial charge in [-0.25, -0.2) is 13.2 Å². The zero-order chi connectivity index (χ0) is 23.1. The Kier molecular flexibility index (Phi) is 8.08. The molecular formula is C21H23ClN2O7S. The second-order valence-electron chi connectivity index (χ2n) is 6.86. The van der Waals surface area contributed by atoms with Crippen LogP contribution in [0.5, 0.6) is 5.75 Å². The third kappa shape index (κ3) is 5.98.